The van der Waals surface area contributed by atoms with E-state index in [1.165, 1.54) is 22.7 Å². The van der Waals surface area contributed by atoms with E-state index in [1.807, 2.05) is 24.3 Å². The van der Waals surface area contributed by atoms with Crippen LogP contribution in [0.5, 0.6) is 34.5 Å². The number of ether oxygens (including phenoxy) is 6. The molecule has 0 unspecified atom stereocenters. The van der Waals surface area contributed by atoms with Crippen molar-refractivity contribution in [3.05, 3.63) is 24.3 Å². The maximum atomic E-state index is 5.46. The maximum Gasteiger partial charge on any atom is 0.203 e. The van der Waals surface area contributed by atoms with Crippen molar-refractivity contribution < 1.29 is 28.4 Å². The van der Waals surface area contributed by atoms with Crippen molar-refractivity contribution in [1.29, 1.82) is 0 Å². The van der Waals surface area contributed by atoms with Crippen LogP contribution in [0.3, 0.4) is 0 Å². The first-order chi connectivity index (χ1) is 15.6. The molecule has 8 nitrogen and oxygen atoms in total. The molecule has 0 aliphatic heterocycles. The van der Waals surface area contributed by atoms with Gasteiger partial charge in [0, 0.05) is 11.1 Å². The fraction of sp³-hybridized carbons (Fsp3) is 0.273. The van der Waals surface area contributed by atoms with E-state index in [1.54, 1.807) is 42.7 Å². The lowest BCUT2D eigenvalue weighted by Gasteiger charge is -2.13. The van der Waals surface area contributed by atoms with Crippen molar-refractivity contribution in [2.75, 3.05) is 42.7 Å². The van der Waals surface area contributed by atoms with Crippen LogP contribution >= 0.6 is 22.7 Å². The average Bonchev–Trinajstić information content (AvgIpc) is 3.41. The number of benzene rings is 2. The predicted molar refractivity (Wildman–Crippen MR) is 125 cm³/mol. The number of methoxy groups -OCH3 is 6. The Hall–Kier alpha value is -3.24. The van der Waals surface area contributed by atoms with E-state index in [0.717, 1.165) is 30.8 Å². The van der Waals surface area contributed by atoms with Gasteiger partial charge in [0.25, 0.3) is 0 Å². The quantitative estimate of drug-likeness (QED) is 0.347. The second-order valence-corrected chi connectivity index (χ2v) is 8.43. The van der Waals surface area contributed by atoms with E-state index in [2.05, 4.69) is 0 Å². The fourth-order valence-electron chi connectivity index (χ4n) is 3.30. The molecule has 0 atom stereocenters. The standard InChI is InChI=1S/C22H22N2O6S2/c1-25-13-7-11(8-14(26-2)17(13)29-5)19-23-21-22(31-19)24-20(32-21)12-9-15(27-3)18(30-6)16(10-12)28-4/h7-10H,1-6H3. The highest BCUT2D eigenvalue weighted by molar-refractivity contribution is 7.29. The van der Waals surface area contributed by atoms with Gasteiger partial charge in [0.05, 0.1) is 42.7 Å². The summed E-state index contributed by atoms with van der Waals surface area (Å²) in [7, 11) is 9.51. The highest BCUT2D eigenvalue weighted by atomic mass is 32.1. The summed E-state index contributed by atoms with van der Waals surface area (Å²) in [5.41, 5.74) is 1.73. The molecule has 2 aromatic carbocycles. The van der Waals surface area contributed by atoms with Crippen LogP contribution in [0.1, 0.15) is 0 Å². The second-order valence-electron chi connectivity index (χ2n) is 6.48. The zero-order chi connectivity index (χ0) is 22.8. The summed E-state index contributed by atoms with van der Waals surface area (Å²) < 4.78 is 32.7. The molecule has 10 heteroatoms. The van der Waals surface area contributed by atoms with Crippen LogP contribution in [0.25, 0.3) is 30.8 Å². The molecule has 0 bridgehead atoms. The summed E-state index contributed by atoms with van der Waals surface area (Å²) >= 11 is 2.99. The predicted octanol–water partition coefficient (Wildman–Crippen LogP) is 5.14. The molecule has 2 heterocycles. The second kappa shape index (κ2) is 9.09. The van der Waals surface area contributed by atoms with Gasteiger partial charge in [-0.3, -0.25) is 0 Å². The van der Waals surface area contributed by atoms with Crippen molar-refractivity contribution in [3.63, 3.8) is 0 Å². The summed E-state index contributed by atoms with van der Waals surface area (Å²) in [5, 5.41) is 1.63. The lowest BCUT2D eigenvalue weighted by Crippen LogP contribution is -1.95. The normalized spacial score (nSPS) is 10.8. The molecule has 32 heavy (non-hydrogen) atoms. The lowest BCUT2D eigenvalue weighted by atomic mass is 10.2. The van der Waals surface area contributed by atoms with Crippen molar-refractivity contribution in [2.24, 2.45) is 0 Å². The molecular weight excluding hydrogens is 452 g/mol. The molecule has 0 N–H and O–H groups in total. The van der Waals surface area contributed by atoms with Crippen LogP contribution in [0.2, 0.25) is 0 Å². The number of nitrogens with zero attached hydrogens (tertiary/aromatic N) is 2. The van der Waals surface area contributed by atoms with E-state index in [-0.39, 0.29) is 0 Å². The van der Waals surface area contributed by atoms with Gasteiger partial charge in [-0.15, -0.1) is 0 Å². The Balaban J connectivity index is 1.75. The van der Waals surface area contributed by atoms with Crippen LogP contribution in [0.4, 0.5) is 0 Å². The topological polar surface area (TPSA) is 81.2 Å². The minimum atomic E-state index is 0.542. The molecule has 4 rings (SSSR count). The SMILES string of the molecule is COc1cc(-c2nc3sc(-c4cc(OC)c(OC)c(OC)c4)nc3s2)cc(OC)c1OC. The van der Waals surface area contributed by atoms with E-state index < -0.39 is 0 Å². The zero-order valence-electron chi connectivity index (χ0n) is 18.5. The highest BCUT2D eigenvalue weighted by Gasteiger charge is 2.20. The first kappa shape index (κ1) is 22.0. The average molecular weight is 475 g/mol. The van der Waals surface area contributed by atoms with Gasteiger partial charge >= 0.3 is 0 Å². The Kier molecular flexibility index (Phi) is 6.24. The Bertz CT molecular complexity index is 1090. The summed E-state index contributed by atoms with van der Waals surface area (Å²) in [6.07, 6.45) is 0. The summed E-state index contributed by atoms with van der Waals surface area (Å²) in [6, 6.07) is 7.52. The number of thiazole rings is 2. The lowest BCUT2D eigenvalue weighted by molar-refractivity contribution is 0.324. The van der Waals surface area contributed by atoms with Gasteiger partial charge in [-0.05, 0) is 24.3 Å². The van der Waals surface area contributed by atoms with Crippen LogP contribution < -0.4 is 28.4 Å². The van der Waals surface area contributed by atoms with Crippen LogP contribution in [-0.2, 0) is 0 Å². The monoisotopic (exact) mass is 474 g/mol. The number of fused-ring (bicyclic) bond motifs is 1. The highest BCUT2D eigenvalue weighted by Crippen LogP contribution is 2.45. The molecule has 0 radical (unpaired) electrons. The molecule has 168 valence electrons. The molecule has 0 amide bonds. The molecular formula is C22H22N2O6S2. The largest absolute Gasteiger partial charge is 0.493 e. The molecule has 0 spiro atoms. The Morgan fingerprint density at radius 1 is 0.500 bits per heavy atom. The molecule has 4 aromatic rings. The van der Waals surface area contributed by atoms with Crippen molar-refractivity contribution in [3.8, 4) is 55.6 Å². The number of hydrogen-bond donors (Lipinski definition) is 0. The first-order valence-electron chi connectivity index (χ1n) is 9.44. The zero-order valence-corrected chi connectivity index (χ0v) is 20.1. The number of hydrogen-bond acceptors (Lipinski definition) is 10. The molecule has 0 aliphatic carbocycles. The van der Waals surface area contributed by atoms with Gasteiger partial charge in [0.2, 0.25) is 11.5 Å². The smallest absolute Gasteiger partial charge is 0.203 e. The number of rotatable bonds is 8. The molecule has 0 fully saturated rings. The van der Waals surface area contributed by atoms with Gasteiger partial charge in [-0.2, -0.15) is 0 Å². The molecule has 2 aromatic heterocycles. The third-order valence-electron chi connectivity index (χ3n) is 4.80. The minimum absolute atomic E-state index is 0.542. The van der Waals surface area contributed by atoms with Gasteiger partial charge in [-0.1, -0.05) is 22.7 Å². The van der Waals surface area contributed by atoms with Crippen LogP contribution in [-0.4, -0.2) is 52.6 Å². The Morgan fingerprint density at radius 2 is 0.812 bits per heavy atom. The van der Waals surface area contributed by atoms with E-state index >= 15 is 0 Å². The summed E-state index contributed by atoms with van der Waals surface area (Å²) in [4.78, 5) is 11.3. The Labute approximate surface area is 193 Å². The van der Waals surface area contributed by atoms with Crippen molar-refractivity contribution >= 4 is 32.3 Å². The van der Waals surface area contributed by atoms with Gasteiger partial charge < -0.3 is 28.4 Å². The van der Waals surface area contributed by atoms with Gasteiger partial charge in [0.1, 0.15) is 10.0 Å². The van der Waals surface area contributed by atoms with E-state index in [9.17, 15) is 0 Å². The third-order valence-corrected chi connectivity index (χ3v) is 6.93. The van der Waals surface area contributed by atoms with Crippen molar-refractivity contribution in [1.82, 2.24) is 9.97 Å². The van der Waals surface area contributed by atoms with E-state index in [4.69, 9.17) is 38.4 Å². The van der Waals surface area contributed by atoms with E-state index in [0.29, 0.717) is 34.5 Å². The van der Waals surface area contributed by atoms with Gasteiger partial charge in [-0.25, -0.2) is 9.97 Å². The summed E-state index contributed by atoms with van der Waals surface area (Å²) in [6.45, 7) is 0. The molecule has 0 saturated heterocycles. The molecule has 0 aliphatic rings. The minimum Gasteiger partial charge on any atom is -0.493 e. The van der Waals surface area contributed by atoms with Crippen LogP contribution in [0, 0.1) is 0 Å². The van der Waals surface area contributed by atoms with Crippen LogP contribution in [0.15, 0.2) is 24.3 Å². The Morgan fingerprint density at radius 3 is 1.06 bits per heavy atom. The summed E-state index contributed by atoms with van der Waals surface area (Å²) in [5.74, 6) is 3.38. The fourth-order valence-corrected chi connectivity index (χ4v) is 5.31. The van der Waals surface area contributed by atoms with Crippen molar-refractivity contribution in [2.45, 2.75) is 0 Å². The maximum absolute atomic E-state index is 5.46. The third kappa shape index (κ3) is 3.76. The first-order valence-corrected chi connectivity index (χ1v) is 11.1. The molecule has 0 saturated carbocycles. The number of aromatic nitrogens is 2. The van der Waals surface area contributed by atoms with Gasteiger partial charge in [0.15, 0.2) is 32.7 Å².